The van der Waals surface area contributed by atoms with Gasteiger partial charge in [-0.25, -0.2) is 4.79 Å². The maximum atomic E-state index is 13.1. The van der Waals surface area contributed by atoms with E-state index in [1.807, 2.05) is 0 Å². The molecule has 216 valence electrons. The first kappa shape index (κ1) is 32.6. The molecule has 1 aromatic rings. The van der Waals surface area contributed by atoms with Gasteiger partial charge in [0.05, 0.1) is 6.61 Å². The number of carbonyl (C=O) groups is 5. The van der Waals surface area contributed by atoms with Crippen LogP contribution in [0, 0.1) is 0 Å². The lowest BCUT2D eigenvalue weighted by atomic mass is 10.0. The average molecular weight is 553 g/mol. The SMILES string of the molecule is NC(=O)CCC(NC(=O)C(N)CO)C(=O)NC(CCCN=C(N)N)C(=O)NC(Cc1ccc(O)cc1)C(=O)O. The van der Waals surface area contributed by atoms with Crippen molar-refractivity contribution < 1.29 is 39.3 Å². The van der Waals surface area contributed by atoms with Crippen LogP contribution in [0.3, 0.4) is 0 Å². The molecular weight excluding hydrogens is 516 g/mol. The number of rotatable bonds is 17. The highest BCUT2D eigenvalue weighted by molar-refractivity contribution is 5.94. The summed E-state index contributed by atoms with van der Waals surface area (Å²) in [5.41, 5.74) is 21.8. The molecule has 0 aliphatic carbocycles. The van der Waals surface area contributed by atoms with E-state index in [0.29, 0.717) is 5.56 Å². The summed E-state index contributed by atoms with van der Waals surface area (Å²) in [6.07, 6.45) is -0.452. The van der Waals surface area contributed by atoms with Gasteiger partial charge in [-0.3, -0.25) is 24.2 Å². The van der Waals surface area contributed by atoms with Gasteiger partial charge >= 0.3 is 5.97 Å². The molecule has 0 aromatic heterocycles. The second-order valence-corrected chi connectivity index (χ2v) is 8.64. The topological polar surface area (TPSA) is 299 Å². The number of benzene rings is 1. The summed E-state index contributed by atoms with van der Waals surface area (Å²) in [6.45, 7) is -0.603. The Kier molecular flexibility index (Phi) is 13.7. The van der Waals surface area contributed by atoms with E-state index in [1.54, 1.807) is 0 Å². The number of nitrogens with zero attached hydrogens (tertiary/aromatic N) is 1. The number of aliphatic carboxylic acids is 1. The van der Waals surface area contributed by atoms with E-state index in [4.69, 9.17) is 28.0 Å². The minimum Gasteiger partial charge on any atom is -0.508 e. The number of aliphatic hydroxyl groups excluding tert-OH is 1. The molecule has 0 fully saturated rings. The maximum absolute atomic E-state index is 13.1. The van der Waals surface area contributed by atoms with Crippen LogP contribution in [0.1, 0.15) is 31.2 Å². The Labute approximate surface area is 224 Å². The van der Waals surface area contributed by atoms with Crippen LogP contribution in [0.4, 0.5) is 0 Å². The van der Waals surface area contributed by atoms with Gasteiger partial charge in [-0.1, -0.05) is 12.1 Å². The summed E-state index contributed by atoms with van der Waals surface area (Å²) in [4.78, 5) is 65.2. The first-order valence-corrected chi connectivity index (χ1v) is 12.0. The van der Waals surface area contributed by atoms with Crippen molar-refractivity contribution in [3.63, 3.8) is 0 Å². The summed E-state index contributed by atoms with van der Waals surface area (Å²) in [5.74, 6) is -4.89. The van der Waals surface area contributed by atoms with E-state index in [1.165, 1.54) is 24.3 Å². The molecular formula is C23H36N8O8. The largest absolute Gasteiger partial charge is 0.508 e. The molecule has 0 aliphatic heterocycles. The molecule has 0 bridgehead atoms. The lowest BCUT2D eigenvalue weighted by Gasteiger charge is -2.25. The van der Waals surface area contributed by atoms with E-state index in [0.717, 1.165) is 0 Å². The molecule has 0 spiro atoms. The smallest absolute Gasteiger partial charge is 0.326 e. The number of primary amides is 1. The fraction of sp³-hybridized carbons (Fsp3) is 0.478. The molecule has 14 N–H and O–H groups in total. The van der Waals surface area contributed by atoms with Gasteiger partial charge < -0.3 is 54.2 Å². The number of carbonyl (C=O) groups excluding carboxylic acids is 4. The number of aliphatic hydroxyl groups is 1. The Morgan fingerprint density at radius 2 is 1.38 bits per heavy atom. The molecule has 0 heterocycles. The first-order chi connectivity index (χ1) is 18.3. The maximum Gasteiger partial charge on any atom is 0.326 e. The molecule has 4 amide bonds. The van der Waals surface area contributed by atoms with Crippen molar-refractivity contribution in [1.82, 2.24) is 16.0 Å². The third-order valence-electron chi connectivity index (χ3n) is 5.41. The number of hydrogen-bond donors (Lipinski definition) is 10. The van der Waals surface area contributed by atoms with Gasteiger partial charge in [-0.2, -0.15) is 0 Å². The van der Waals surface area contributed by atoms with Gasteiger partial charge in [0.2, 0.25) is 23.6 Å². The van der Waals surface area contributed by atoms with Crippen molar-refractivity contribution in [3.05, 3.63) is 29.8 Å². The van der Waals surface area contributed by atoms with E-state index >= 15 is 0 Å². The van der Waals surface area contributed by atoms with Crippen LogP contribution in [0.5, 0.6) is 5.75 Å². The zero-order chi connectivity index (χ0) is 29.5. The fourth-order valence-electron chi connectivity index (χ4n) is 3.30. The van der Waals surface area contributed by atoms with Gasteiger partial charge in [0, 0.05) is 19.4 Å². The van der Waals surface area contributed by atoms with Crippen LogP contribution in [-0.2, 0) is 30.4 Å². The fourth-order valence-corrected chi connectivity index (χ4v) is 3.30. The second kappa shape index (κ2) is 16.4. The summed E-state index contributed by atoms with van der Waals surface area (Å²) in [7, 11) is 0. The number of nitrogens with two attached hydrogens (primary N) is 4. The highest BCUT2D eigenvalue weighted by atomic mass is 16.4. The highest BCUT2D eigenvalue weighted by Gasteiger charge is 2.30. The number of aromatic hydroxyl groups is 1. The van der Waals surface area contributed by atoms with Gasteiger partial charge in [-0.05, 0) is 37.0 Å². The second-order valence-electron chi connectivity index (χ2n) is 8.64. The predicted molar refractivity (Wildman–Crippen MR) is 139 cm³/mol. The molecule has 16 heteroatoms. The summed E-state index contributed by atoms with van der Waals surface area (Å²) in [6, 6.07) is 0.369. The number of phenolic OH excluding ortho intramolecular Hbond substituents is 1. The van der Waals surface area contributed by atoms with Gasteiger partial charge in [0.1, 0.15) is 29.9 Å². The first-order valence-electron chi connectivity index (χ1n) is 12.0. The number of phenols is 1. The van der Waals surface area contributed by atoms with Gasteiger partial charge in [0.15, 0.2) is 5.96 Å². The number of carboxylic acid groups (broad SMARTS) is 1. The zero-order valence-corrected chi connectivity index (χ0v) is 21.2. The minimum absolute atomic E-state index is 0.0175. The van der Waals surface area contributed by atoms with Crippen LogP contribution in [-0.4, -0.2) is 88.2 Å². The minimum atomic E-state index is -1.38. The molecule has 0 saturated carbocycles. The lowest BCUT2D eigenvalue weighted by Crippen LogP contribution is -2.57. The average Bonchev–Trinajstić information content (AvgIpc) is 2.87. The number of nitrogens with one attached hydrogen (secondary N) is 3. The number of aliphatic imine (C=N–C) groups is 1. The van der Waals surface area contributed by atoms with E-state index in [-0.39, 0.29) is 50.4 Å². The van der Waals surface area contributed by atoms with Crippen molar-refractivity contribution >= 4 is 35.6 Å². The van der Waals surface area contributed by atoms with Crippen molar-refractivity contribution in [2.24, 2.45) is 27.9 Å². The molecule has 4 unspecified atom stereocenters. The van der Waals surface area contributed by atoms with Crippen molar-refractivity contribution in [2.45, 2.75) is 56.3 Å². The predicted octanol–water partition coefficient (Wildman–Crippen LogP) is -3.89. The van der Waals surface area contributed by atoms with Crippen LogP contribution in [0.15, 0.2) is 29.3 Å². The molecule has 1 rings (SSSR count). The Bertz CT molecular complexity index is 1030. The molecule has 4 atom stereocenters. The van der Waals surface area contributed by atoms with E-state index in [2.05, 4.69) is 20.9 Å². The van der Waals surface area contributed by atoms with Crippen molar-refractivity contribution in [3.8, 4) is 5.75 Å². The number of hydrogen-bond acceptors (Lipinski definition) is 9. The van der Waals surface area contributed by atoms with Crippen LogP contribution >= 0.6 is 0 Å². The molecule has 16 nitrogen and oxygen atoms in total. The summed E-state index contributed by atoms with van der Waals surface area (Å²) >= 11 is 0. The lowest BCUT2D eigenvalue weighted by molar-refractivity contribution is -0.142. The van der Waals surface area contributed by atoms with Crippen LogP contribution in [0.25, 0.3) is 0 Å². The van der Waals surface area contributed by atoms with Gasteiger partial charge in [-0.15, -0.1) is 0 Å². The zero-order valence-electron chi connectivity index (χ0n) is 21.2. The summed E-state index contributed by atoms with van der Waals surface area (Å²) in [5, 5.41) is 35.3. The molecule has 1 aromatic carbocycles. The van der Waals surface area contributed by atoms with Crippen LogP contribution < -0.4 is 38.9 Å². The summed E-state index contributed by atoms with van der Waals surface area (Å²) < 4.78 is 0. The number of amides is 4. The third-order valence-corrected chi connectivity index (χ3v) is 5.41. The van der Waals surface area contributed by atoms with Crippen molar-refractivity contribution in [1.29, 1.82) is 0 Å². The Balaban J connectivity index is 3.10. The Morgan fingerprint density at radius 3 is 1.90 bits per heavy atom. The third kappa shape index (κ3) is 12.6. The number of guanidine groups is 1. The molecule has 0 saturated heterocycles. The van der Waals surface area contributed by atoms with Gasteiger partial charge in [0.25, 0.3) is 0 Å². The molecule has 0 aliphatic rings. The number of carboxylic acids is 1. The Morgan fingerprint density at radius 1 is 0.846 bits per heavy atom. The van der Waals surface area contributed by atoms with Crippen molar-refractivity contribution in [2.75, 3.05) is 13.2 Å². The highest BCUT2D eigenvalue weighted by Crippen LogP contribution is 2.12. The molecule has 0 radical (unpaired) electrons. The Hall–Kier alpha value is -4.44. The normalized spacial score (nSPS) is 13.7. The molecule has 39 heavy (non-hydrogen) atoms. The van der Waals surface area contributed by atoms with E-state index < -0.39 is 60.4 Å². The quantitative estimate of drug-likeness (QED) is 0.0506. The standard InChI is InChI=1S/C23H36N8O8/c24-14(11-32)19(35)29-16(7-8-18(25)34)21(37)30-15(2-1-9-28-23(26)27)20(36)31-17(22(38)39)10-12-3-5-13(33)6-4-12/h3-6,14-17,32-33H,1-2,7-11,24H2,(H2,25,34)(H,29,35)(H,30,37)(H,31,36)(H,38,39)(H4,26,27,28). The van der Waals surface area contributed by atoms with Crippen LogP contribution in [0.2, 0.25) is 0 Å². The monoisotopic (exact) mass is 552 g/mol. The van der Waals surface area contributed by atoms with E-state index in [9.17, 15) is 34.2 Å².